The van der Waals surface area contributed by atoms with Crippen LogP contribution in [-0.2, 0) is 18.4 Å². The second-order valence-corrected chi connectivity index (χ2v) is 6.80. The maximum Gasteiger partial charge on any atom is 0.168 e. The summed E-state index contributed by atoms with van der Waals surface area (Å²) in [7, 11) is 1.71. The van der Waals surface area contributed by atoms with Gasteiger partial charge in [0.1, 0.15) is 18.0 Å². The summed E-state index contributed by atoms with van der Waals surface area (Å²) >= 11 is 0. The third-order valence-electron chi connectivity index (χ3n) is 5.13. The number of ether oxygens (including phenoxy) is 3. The molecule has 2 aliphatic heterocycles. The van der Waals surface area contributed by atoms with Crippen molar-refractivity contribution in [2.24, 2.45) is 5.73 Å². The summed E-state index contributed by atoms with van der Waals surface area (Å²) in [4.78, 5) is 0. The van der Waals surface area contributed by atoms with Crippen LogP contribution in [0.3, 0.4) is 0 Å². The van der Waals surface area contributed by atoms with E-state index in [0.29, 0.717) is 0 Å². The molecule has 0 bridgehead atoms. The van der Waals surface area contributed by atoms with E-state index in [1.54, 1.807) is 7.11 Å². The van der Waals surface area contributed by atoms with Gasteiger partial charge in [0.2, 0.25) is 0 Å². The second kappa shape index (κ2) is 4.29. The summed E-state index contributed by atoms with van der Waals surface area (Å²) in [6.07, 6.45) is 5.37. The number of benzene rings is 1. The van der Waals surface area contributed by atoms with Gasteiger partial charge < -0.3 is 19.9 Å². The smallest absolute Gasteiger partial charge is 0.168 e. The highest BCUT2D eigenvalue weighted by Crippen LogP contribution is 2.56. The van der Waals surface area contributed by atoms with Gasteiger partial charge in [-0.3, -0.25) is 0 Å². The van der Waals surface area contributed by atoms with Gasteiger partial charge >= 0.3 is 0 Å². The average Bonchev–Trinajstić information content (AvgIpc) is 2.94. The molecular formula is C17H23NO3. The van der Waals surface area contributed by atoms with E-state index in [-0.39, 0.29) is 17.7 Å². The first-order valence-corrected chi connectivity index (χ1v) is 7.92. The number of hydrogen-bond acceptors (Lipinski definition) is 4. The molecule has 4 rings (SSSR count). The number of methoxy groups -OCH3 is 1. The van der Waals surface area contributed by atoms with Crippen molar-refractivity contribution in [2.75, 3.05) is 7.11 Å². The minimum absolute atomic E-state index is 0.177. The molecule has 1 aromatic carbocycles. The summed E-state index contributed by atoms with van der Waals surface area (Å²) in [5.41, 5.74) is 10.0. The average molecular weight is 289 g/mol. The fourth-order valence-corrected chi connectivity index (χ4v) is 4.02. The van der Waals surface area contributed by atoms with Crippen LogP contribution in [0.1, 0.15) is 49.8 Å². The van der Waals surface area contributed by atoms with Gasteiger partial charge in [-0.2, -0.15) is 0 Å². The molecule has 0 saturated heterocycles. The van der Waals surface area contributed by atoms with Crippen LogP contribution in [0.25, 0.3) is 0 Å². The number of nitrogens with two attached hydrogens (primary N) is 1. The Balaban J connectivity index is 1.98. The molecule has 3 aliphatic rings. The van der Waals surface area contributed by atoms with Gasteiger partial charge in [0, 0.05) is 35.1 Å². The largest absolute Gasteiger partial charge is 0.492 e. The molecule has 21 heavy (non-hydrogen) atoms. The van der Waals surface area contributed by atoms with Gasteiger partial charge in [-0.1, -0.05) is 0 Å². The van der Waals surface area contributed by atoms with Crippen molar-refractivity contribution in [3.8, 4) is 17.2 Å². The summed E-state index contributed by atoms with van der Waals surface area (Å²) in [5, 5.41) is 0. The van der Waals surface area contributed by atoms with E-state index >= 15 is 0 Å². The molecule has 1 aromatic rings. The molecule has 2 N–H and O–H groups in total. The molecule has 2 heterocycles. The standard InChI is InChI=1S/C17H23NO3/c1-9-7-11-13(17(18)5-4-6-17)14-12(8-10(2)20-14)15(19-3)16(11)21-9/h9-10H,4-8,18H2,1-3H3. The third kappa shape index (κ3) is 1.71. The van der Waals surface area contributed by atoms with Crippen LogP contribution >= 0.6 is 0 Å². The lowest BCUT2D eigenvalue weighted by Gasteiger charge is -2.40. The van der Waals surface area contributed by atoms with Gasteiger partial charge in [-0.25, -0.2) is 0 Å². The van der Waals surface area contributed by atoms with Crippen molar-refractivity contribution in [2.45, 2.75) is 63.7 Å². The predicted molar refractivity (Wildman–Crippen MR) is 80.3 cm³/mol. The number of fused-ring (bicyclic) bond motifs is 2. The zero-order chi connectivity index (χ0) is 14.8. The molecule has 1 aliphatic carbocycles. The monoisotopic (exact) mass is 289 g/mol. The minimum atomic E-state index is -0.238. The van der Waals surface area contributed by atoms with Crippen LogP contribution in [-0.4, -0.2) is 19.3 Å². The number of hydrogen-bond donors (Lipinski definition) is 1. The third-order valence-corrected chi connectivity index (χ3v) is 5.13. The SMILES string of the molecule is COc1c2c(c(C3(N)CCC3)c3c1OC(C)C3)OC(C)C2. The Morgan fingerprint density at radius 1 is 1.05 bits per heavy atom. The fraction of sp³-hybridized carbons (Fsp3) is 0.647. The molecule has 4 nitrogen and oxygen atoms in total. The minimum Gasteiger partial charge on any atom is -0.492 e. The lowest BCUT2D eigenvalue weighted by Crippen LogP contribution is -2.44. The first-order chi connectivity index (χ1) is 10.0. The van der Waals surface area contributed by atoms with Crippen LogP contribution in [0.2, 0.25) is 0 Å². The Hall–Kier alpha value is -1.42. The maximum absolute atomic E-state index is 6.68. The molecule has 1 fully saturated rings. The zero-order valence-corrected chi connectivity index (χ0v) is 13.0. The van der Waals surface area contributed by atoms with Crippen molar-refractivity contribution in [1.29, 1.82) is 0 Å². The summed E-state index contributed by atoms with van der Waals surface area (Å²) in [5.74, 6) is 2.76. The molecule has 2 unspecified atom stereocenters. The van der Waals surface area contributed by atoms with Crippen molar-refractivity contribution in [3.05, 3.63) is 16.7 Å². The molecule has 4 heteroatoms. The lowest BCUT2D eigenvalue weighted by atomic mass is 9.70. The predicted octanol–water partition coefficient (Wildman–Crippen LogP) is 2.68. The van der Waals surface area contributed by atoms with E-state index in [2.05, 4.69) is 13.8 Å². The maximum atomic E-state index is 6.68. The van der Waals surface area contributed by atoms with Crippen molar-refractivity contribution >= 4 is 0 Å². The molecule has 0 amide bonds. The first kappa shape index (κ1) is 13.3. The Morgan fingerprint density at radius 3 is 2.24 bits per heavy atom. The Kier molecular flexibility index (Phi) is 2.71. The van der Waals surface area contributed by atoms with Crippen LogP contribution in [0.15, 0.2) is 0 Å². The van der Waals surface area contributed by atoms with E-state index in [9.17, 15) is 0 Å². The fourth-order valence-electron chi connectivity index (χ4n) is 4.02. The van der Waals surface area contributed by atoms with Crippen LogP contribution in [0.4, 0.5) is 0 Å². The summed E-state index contributed by atoms with van der Waals surface area (Å²) in [6.45, 7) is 4.20. The van der Waals surface area contributed by atoms with Crippen LogP contribution in [0, 0.1) is 0 Å². The van der Waals surface area contributed by atoms with Crippen molar-refractivity contribution in [1.82, 2.24) is 0 Å². The molecular weight excluding hydrogens is 266 g/mol. The van der Waals surface area contributed by atoms with Crippen molar-refractivity contribution < 1.29 is 14.2 Å². The summed E-state index contributed by atoms with van der Waals surface area (Å²) < 4.78 is 17.9. The lowest BCUT2D eigenvalue weighted by molar-refractivity contribution is 0.218. The van der Waals surface area contributed by atoms with Crippen LogP contribution < -0.4 is 19.9 Å². The van der Waals surface area contributed by atoms with Gasteiger partial charge in [0.15, 0.2) is 11.5 Å². The molecule has 0 spiro atoms. The topological polar surface area (TPSA) is 53.7 Å². The van der Waals surface area contributed by atoms with Gasteiger partial charge in [-0.15, -0.1) is 0 Å². The number of rotatable bonds is 2. The van der Waals surface area contributed by atoms with Gasteiger partial charge in [0.05, 0.1) is 7.11 Å². The van der Waals surface area contributed by atoms with E-state index in [1.807, 2.05) is 0 Å². The highest BCUT2D eigenvalue weighted by Gasteiger charge is 2.45. The molecule has 0 aromatic heterocycles. The van der Waals surface area contributed by atoms with E-state index in [1.165, 1.54) is 17.5 Å². The molecule has 0 radical (unpaired) electrons. The first-order valence-electron chi connectivity index (χ1n) is 7.92. The molecule has 114 valence electrons. The Bertz CT molecular complexity index is 568. The van der Waals surface area contributed by atoms with Crippen LogP contribution in [0.5, 0.6) is 17.2 Å². The Labute approximate surface area is 125 Å². The van der Waals surface area contributed by atoms with E-state index in [4.69, 9.17) is 19.9 Å². The molecule has 1 saturated carbocycles. The van der Waals surface area contributed by atoms with Gasteiger partial charge in [-0.05, 0) is 33.1 Å². The van der Waals surface area contributed by atoms with Crippen molar-refractivity contribution in [3.63, 3.8) is 0 Å². The molecule has 2 atom stereocenters. The summed E-state index contributed by atoms with van der Waals surface area (Å²) in [6, 6.07) is 0. The highest BCUT2D eigenvalue weighted by atomic mass is 16.5. The normalized spacial score (nSPS) is 28.2. The van der Waals surface area contributed by atoms with E-state index < -0.39 is 0 Å². The zero-order valence-electron chi connectivity index (χ0n) is 13.0. The van der Waals surface area contributed by atoms with Gasteiger partial charge in [0.25, 0.3) is 0 Å². The Morgan fingerprint density at radius 2 is 1.67 bits per heavy atom. The van der Waals surface area contributed by atoms with E-state index in [0.717, 1.165) is 48.5 Å². The second-order valence-electron chi connectivity index (χ2n) is 6.80. The highest BCUT2D eigenvalue weighted by molar-refractivity contribution is 5.68. The quantitative estimate of drug-likeness (QED) is 0.909.